The Morgan fingerprint density at radius 1 is 0.907 bits per heavy atom. The van der Waals surface area contributed by atoms with E-state index >= 15 is 0 Å². The highest BCUT2D eigenvalue weighted by atomic mass is 16.1. The standard InChI is InChI=1S/C37H50O3.C3H8/c1-6-11-29(32(8-3)35(39)18-25(5)38)20-27-21-34-33(17-14-24(4)37(34)36(40)22-27)30-16-15-28(7-2)31(23-30)19-26-12-9-10-13-26;1-3-2/h14-17,23,26-27,29,32H,6-13,18-22H2,1-5H3;3H2,1-2H3. The summed E-state index contributed by atoms with van der Waals surface area (Å²) in [6.07, 6.45) is 13.9. The zero-order valence-electron chi connectivity index (χ0n) is 28.3. The highest BCUT2D eigenvalue weighted by Gasteiger charge is 2.34. The minimum atomic E-state index is -0.0999. The maximum absolute atomic E-state index is 13.6. The van der Waals surface area contributed by atoms with Gasteiger partial charge >= 0.3 is 0 Å². The Labute approximate surface area is 262 Å². The van der Waals surface area contributed by atoms with Gasteiger partial charge in [0.15, 0.2) is 5.78 Å². The molecule has 0 saturated heterocycles. The monoisotopic (exact) mass is 586 g/mol. The van der Waals surface area contributed by atoms with Gasteiger partial charge in [0.25, 0.3) is 0 Å². The lowest BCUT2D eigenvalue weighted by atomic mass is 9.71. The molecule has 2 aliphatic carbocycles. The summed E-state index contributed by atoms with van der Waals surface area (Å²) < 4.78 is 0. The fraction of sp³-hybridized carbons (Fsp3) is 0.625. The first-order valence-corrected chi connectivity index (χ1v) is 17.5. The molecule has 236 valence electrons. The first kappa shape index (κ1) is 34.9. The molecule has 1 saturated carbocycles. The Morgan fingerprint density at radius 3 is 2.21 bits per heavy atom. The Balaban J connectivity index is 0.00000162. The second-order valence-electron chi connectivity index (χ2n) is 13.5. The van der Waals surface area contributed by atoms with Crippen LogP contribution in [-0.2, 0) is 28.9 Å². The van der Waals surface area contributed by atoms with Crippen molar-refractivity contribution in [2.45, 2.75) is 138 Å². The summed E-state index contributed by atoms with van der Waals surface area (Å²) in [6.45, 7) is 14.3. The van der Waals surface area contributed by atoms with Crippen molar-refractivity contribution in [3.05, 3.63) is 58.1 Å². The van der Waals surface area contributed by atoms with Crippen LogP contribution in [-0.4, -0.2) is 17.3 Å². The number of hydrogen-bond donors (Lipinski definition) is 0. The largest absolute Gasteiger partial charge is 0.300 e. The van der Waals surface area contributed by atoms with Gasteiger partial charge in [0, 0.05) is 17.9 Å². The molecule has 0 spiro atoms. The van der Waals surface area contributed by atoms with Crippen molar-refractivity contribution in [3.8, 4) is 11.1 Å². The summed E-state index contributed by atoms with van der Waals surface area (Å²) in [5.74, 6) is 1.42. The summed E-state index contributed by atoms with van der Waals surface area (Å²) in [7, 11) is 0. The molecule has 2 aromatic carbocycles. The third-order valence-corrected chi connectivity index (χ3v) is 9.79. The van der Waals surface area contributed by atoms with Gasteiger partial charge in [-0.2, -0.15) is 0 Å². The van der Waals surface area contributed by atoms with Crippen LogP contribution in [0.2, 0.25) is 0 Å². The van der Waals surface area contributed by atoms with Crippen LogP contribution in [0.3, 0.4) is 0 Å². The molecule has 43 heavy (non-hydrogen) atoms. The van der Waals surface area contributed by atoms with Crippen molar-refractivity contribution in [1.29, 1.82) is 0 Å². The lowest BCUT2D eigenvalue weighted by Crippen LogP contribution is -2.30. The van der Waals surface area contributed by atoms with Crippen molar-refractivity contribution >= 4 is 17.3 Å². The fourth-order valence-corrected chi connectivity index (χ4v) is 7.86. The Hall–Kier alpha value is -2.55. The minimum Gasteiger partial charge on any atom is -0.300 e. The van der Waals surface area contributed by atoms with Gasteiger partial charge in [0.05, 0.1) is 6.42 Å². The third kappa shape index (κ3) is 9.22. The molecule has 0 amide bonds. The van der Waals surface area contributed by atoms with E-state index in [9.17, 15) is 14.4 Å². The summed E-state index contributed by atoms with van der Waals surface area (Å²) in [6, 6.07) is 11.4. The number of Topliss-reactive ketones (excluding diaryl/α,β-unsaturated/α-hetero) is 3. The van der Waals surface area contributed by atoms with Gasteiger partial charge < -0.3 is 0 Å². The third-order valence-electron chi connectivity index (χ3n) is 9.79. The van der Waals surface area contributed by atoms with Gasteiger partial charge in [-0.15, -0.1) is 0 Å². The molecular formula is C40H58O3. The summed E-state index contributed by atoms with van der Waals surface area (Å²) in [5, 5.41) is 0. The van der Waals surface area contributed by atoms with E-state index in [2.05, 4.69) is 71.9 Å². The van der Waals surface area contributed by atoms with Gasteiger partial charge in [-0.1, -0.05) is 110 Å². The van der Waals surface area contributed by atoms with E-state index in [1.54, 1.807) is 0 Å². The van der Waals surface area contributed by atoms with E-state index in [0.29, 0.717) is 6.42 Å². The van der Waals surface area contributed by atoms with E-state index in [-0.39, 0.29) is 41.5 Å². The number of ketones is 3. The molecule has 0 aliphatic heterocycles. The Morgan fingerprint density at radius 2 is 1.60 bits per heavy atom. The molecule has 3 unspecified atom stereocenters. The maximum atomic E-state index is 13.6. The molecule has 1 fully saturated rings. The van der Waals surface area contributed by atoms with E-state index in [1.807, 2.05) is 0 Å². The number of hydrogen-bond acceptors (Lipinski definition) is 3. The summed E-state index contributed by atoms with van der Waals surface area (Å²) >= 11 is 0. The second kappa shape index (κ2) is 17.1. The van der Waals surface area contributed by atoms with Crippen LogP contribution < -0.4 is 0 Å². The lowest BCUT2D eigenvalue weighted by molar-refractivity contribution is -0.129. The predicted octanol–water partition coefficient (Wildman–Crippen LogP) is 10.5. The van der Waals surface area contributed by atoms with Crippen LogP contribution in [0.5, 0.6) is 0 Å². The van der Waals surface area contributed by atoms with E-state index in [1.165, 1.54) is 66.8 Å². The SMILES string of the molecule is CCC.CCCC(CC1CC(=O)c2c(C)ccc(-c3ccc(CC)c(CC4CCCC4)c3)c2C1)C(CC)C(=O)CC(C)=O. The van der Waals surface area contributed by atoms with Gasteiger partial charge in [0.2, 0.25) is 0 Å². The first-order valence-electron chi connectivity index (χ1n) is 17.5. The smallest absolute Gasteiger partial charge is 0.163 e. The summed E-state index contributed by atoms with van der Waals surface area (Å²) in [5.41, 5.74) is 8.59. The zero-order chi connectivity index (χ0) is 31.5. The molecule has 2 aliphatic rings. The van der Waals surface area contributed by atoms with Gasteiger partial charge in [-0.05, 0) is 97.1 Å². The topological polar surface area (TPSA) is 51.2 Å². The van der Waals surface area contributed by atoms with Crippen LogP contribution in [0.1, 0.15) is 145 Å². The van der Waals surface area contributed by atoms with E-state index < -0.39 is 0 Å². The fourth-order valence-electron chi connectivity index (χ4n) is 7.86. The van der Waals surface area contributed by atoms with Gasteiger partial charge in [-0.25, -0.2) is 0 Å². The number of rotatable bonds is 13. The number of benzene rings is 2. The highest BCUT2D eigenvalue weighted by Crippen LogP contribution is 2.41. The van der Waals surface area contributed by atoms with Crippen LogP contribution in [0.4, 0.5) is 0 Å². The van der Waals surface area contributed by atoms with Gasteiger partial charge in [0.1, 0.15) is 11.6 Å². The number of fused-ring (bicyclic) bond motifs is 1. The van der Waals surface area contributed by atoms with Crippen LogP contribution in [0.25, 0.3) is 11.1 Å². The van der Waals surface area contributed by atoms with Crippen molar-refractivity contribution in [2.75, 3.05) is 0 Å². The van der Waals surface area contributed by atoms with Crippen molar-refractivity contribution < 1.29 is 14.4 Å². The zero-order valence-corrected chi connectivity index (χ0v) is 28.3. The van der Waals surface area contributed by atoms with Crippen LogP contribution in [0, 0.1) is 30.6 Å². The van der Waals surface area contributed by atoms with E-state index in [0.717, 1.165) is 62.0 Å². The highest BCUT2D eigenvalue weighted by molar-refractivity contribution is 6.02. The molecule has 4 rings (SSSR count). The Bertz CT molecular complexity index is 1230. The molecule has 0 N–H and O–H groups in total. The molecule has 0 aromatic heterocycles. The van der Waals surface area contributed by atoms with E-state index in [4.69, 9.17) is 0 Å². The van der Waals surface area contributed by atoms with Crippen LogP contribution >= 0.6 is 0 Å². The number of carbonyl (C=O) groups excluding carboxylic acids is 3. The quantitative estimate of drug-likeness (QED) is 0.219. The van der Waals surface area contributed by atoms with Crippen molar-refractivity contribution in [1.82, 2.24) is 0 Å². The van der Waals surface area contributed by atoms with Gasteiger partial charge in [-0.3, -0.25) is 14.4 Å². The molecular weight excluding hydrogens is 528 g/mol. The van der Waals surface area contributed by atoms with Crippen molar-refractivity contribution in [3.63, 3.8) is 0 Å². The lowest BCUT2D eigenvalue weighted by Gasteiger charge is -2.32. The normalized spacial score (nSPS) is 18.0. The molecule has 0 bridgehead atoms. The molecule has 3 nitrogen and oxygen atoms in total. The predicted molar refractivity (Wildman–Crippen MR) is 181 cm³/mol. The average Bonchev–Trinajstić information content (AvgIpc) is 3.47. The maximum Gasteiger partial charge on any atom is 0.163 e. The molecule has 0 radical (unpaired) electrons. The first-order chi connectivity index (χ1) is 20.7. The minimum absolute atomic E-state index is 0.0332. The molecule has 3 heteroatoms. The summed E-state index contributed by atoms with van der Waals surface area (Å²) in [4.78, 5) is 38.4. The second-order valence-corrected chi connectivity index (χ2v) is 13.5. The number of carbonyl (C=O) groups is 3. The molecule has 2 aromatic rings. The Kier molecular flexibility index (Phi) is 13.9. The van der Waals surface area contributed by atoms with Crippen LogP contribution in [0.15, 0.2) is 30.3 Å². The average molecular weight is 587 g/mol. The van der Waals surface area contributed by atoms with Crippen molar-refractivity contribution in [2.24, 2.45) is 23.7 Å². The molecule has 3 atom stereocenters. The number of aryl methyl sites for hydroxylation is 2. The molecule has 0 heterocycles.